The van der Waals surface area contributed by atoms with Crippen LogP contribution in [0.2, 0.25) is 0 Å². The molecule has 1 saturated heterocycles. The molecule has 2 heterocycles. The fourth-order valence-electron chi connectivity index (χ4n) is 3.02. The van der Waals surface area contributed by atoms with Crippen LogP contribution in [0.4, 0.5) is 0 Å². The Hall–Kier alpha value is -2.47. The standard InChI is InChI=1S/C18H22N4O2/c1-13(23)16-9-17(21-20-16)18(24)19-10-15-7-8-22(12-15)11-14-5-3-2-4-6-14/h2-6,9,15H,7-8,10-12H2,1H3,(H,19,24)(H,20,21)/t15-/m0/s1. The van der Waals surface area contributed by atoms with Gasteiger partial charge >= 0.3 is 0 Å². The Kier molecular flexibility index (Phi) is 5.05. The topological polar surface area (TPSA) is 78.1 Å². The Balaban J connectivity index is 1.45. The molecule has 0 saturated carbocycles. The number of H-pyrrole nitrogens is 1. The van der Waals surface area contributed by atoms with E-state index >= 15 is 0 Å². The van der Waals surface area contributed by atoms with E-state index in [4.69, 9.17) is 0 Å². The van der Waals surface area contributed by atoms with Gasteiger partial charge in [-0.25, -0.2) is 0 Å². The number of benzene rings is 1. The number of nitrogens with one attached hydrogen (secondary N) is 2. The number of hydrogen-bond donors (Lipinski definition) is 2. The Bertz CT molecular complexity index is 711. The molecule has 0 spiro atoms. The molecule has 1 fully saturated rings. The number of hydrogen-bond acceptors (Lipinski definition) is 4. The molecule has 1 aromatic carbocycles. The van der Waals surface area contributed by atoms with Gasteiger partial charge in [-0.15, -0.1) is 0 Å². The van der Waals surface area contributed by atoms with Gasteiger partial charge in [0.15, 0.2) is 5.78 Å². The van der Waals surface area contributed by atoms with Crippen LogP contribution in [0.5, 0.6) is 0 Å². The first-order valence-corrected chi connectivity index (χ1v) is 8.22. The minimum atomic E-state index is -0.212. The third kappa shape index (κ3) is 4.08. The number of carbonyl (C=O) groups excluding carboxylic acids is 2. The maximum Gasteiger partial charge on any atom is 0.269 e. The number of likely N-dealkylation sites (tertiary alicyclic amines) is 1. The maximum atomic E-state index is 12.1. The number of Topliss-reactive ketones (excluding diaryl/α,β-unsaturated/α-hetero) is 1. The fraction of sp³-hybridized carbons (Fsp3) is 0.389. The quantitative estimate of drug-likeness (QED) is 0.794. The molecule has 0 unspecified atom stereocenters. The summed E-state index contributed by atoms with van der Waals surface area (Å²) in [4.78, 5) is 25.7. The molecule has 1 aromatic heterocycles. The van der Waals surface area contributed by atoms with Crippen molar-refractivity contribution in [1.29, 1.82) is 0 Å². The highest BCUT2D eigenvalue weighted by Gasteiger charge is 2.23. The van der Waals surface area contributed by atoms with Gasteiger partial charge in [0.05, 0.1) is 0 Å². The van der Waals surface area contributed by atoms with E-state index in [2.05, 4.69) is 44.7 Å². The van der Waals surface area contributed by atoms with Crippen LogP contribution in [-0.4, -0.2) is 46.4 Å². The van der Waals surface area contributed by atoms with E-state index in [9.17, 15) is 9.59 Å². The lowest BCUT2D eigenvalue weighted by Crippen LogP contribution is -2.31. The minimum Gasteiger partial charge on any atom is -0.350 e. The van der Waals surface area contributed by atoms with Crippen LogP contribution >= 0.6 is 0 Å². The highest BCUT2D eigenvalue weighted by atomic mass is 16.2. The number of carbonyl (C=O) groups is 2. The van der Waals surface area contributed by atoms with Crippen LogP contribution in [0.25, 0.3) is 0 Å². The van der Waals surface area contributed by atoms with Crippen molar-refractivity contribution < 1.29 is 9.59 Å². The van der Waals surface area contributed by atoms with Crippen molar-refractivity contribution >= 4 is 11.7 Å². The molecule has 126 valence electrons. The summed E-state index contributed by atoms with van der Waals surface area (Å²) in [6.45, 7) is 5.05. The molecule has 6 nitrogen and oxygen atoms in total. The summed E-state index contributed by atoms with van der Waals surface area (Å²) in [5.41, 5.74) is 1.94. The van der Waals surface area contributed by atoms with Gasteiger partial charge in [-0.05, 0) is 30.5 Å². The summed E-state index contributed by atoms with van der Waals surface area (Å²) in [5.74, 6) is 0.0852. The Morgan fingerprint density at radius 3 is 2.83 bits per heavy atom. The number of amides is 1. The molecule has 0 aliphatic carbocycles. The molecule has 3 rings (SSSR count). The van der Waals surface area contributed by atoms with Gasteiger partial charge < -0.3 is 5.32 Å². The van der Waals surface area contributed by atoms with Crippen LogP contribution in [-0.2, 0) is 6.54 Å². The molecule has 2 N–H and O–H groups in total. The maximum absolute atomic E-state index is 12.1. The van der Waals surface area contributed by atoms with E-state index in [-0.39, 0.29) is 17.4 Å². The van der Waals surface area contributed by atoms with E-state index in [0.717, 1.165) is 26.1 Å². The van der Waals surface area contributed by atoms with Gasteiger partial charge in [-0.1, -0.05) is 30.3 Å². The zero-order chi connectivity index (χ0) is 16.9. The number of aromatic nitrogens is 2. The van der Waals surface area contributed by atoms with Crippen molar-refractivity contribution in [3.8, 4) is 0 Å². The molecule has 6 heteroatoms. The Morgan fingerprint density at radius 1 is 1.33 bits per heavy atom. The molecular formula is C18H22N4O2. The molecule has 24 heavy (non-hydrogen) atoms. The number of nitrogens with zero attached hydrogens (tertiary/aromatic N) is 2. The predicted molar refractivity (Wildman–Crippen MR) is 90.8 cm³/mol. The van der Waals surface area contributed by atoms with E-state index < -0.39 is 0 Å². The lowest BCUT2D eigenvalue weighted by Gasteiger charge is -2.16. The normalized spacial score (nSPS) is 17.8. The van der Waals surface area contributed by atoms with Gasteiger partial charge in [-0.3, -0.25) is 19.6 Å². The molecule has 2 aromatic rings. The second-order valence-electron chi connectivity index (χ2n) is 6.31. The zero-order valence-corrected chi connectivity index (χ0v) is 13.8. The minimum absolute atomic E-state index is 0.155. The number of rotatable bonds is 6. The second kappa shape index (κ2) is 7.40. The second-order valence-corrected chi connectivity index (χ2v) is 6.31. The zero-order valence-electron chi connectivity index (χ0n) is 13.8. The average molecular weight is 326 g/mol. The summed E-state index contributed by atoms with van der Waals surface area (Å²) in [6, 6.07) is 11.9. The third-order valence-corrected chi connectivity index (χ3v) is 4.35. The van der Waals surface area contributed by atoms with Crippen molar-refractivity contribution in [2.75, 3.05) is 19.6 Å². The fourth-order valence-corrected chi connectivity index (χ4v) is 3.02. The summed E-state index contributed by atoms with van der Waals surface area (Å²) in [5, 5.41) is 9.37. The first-order valence-electron chi connectivity index (χ1n) is 8.22. The monoisotopic (exact) mass is 326 g/mol. The van der Waals surface area contributed by atoms with Gasteiger partial charge in [0.1, 0.15) is 11.4 Å². The van der Waals surface area contributed by atoms with Crippen molar-refractivity contribution in [1.82, 2.24) is 20.4 Å². The van der Waals surface area contributed by atoms with Crippen molar-refractivity contribution in [3.63, 3.8) is 0 Å². The third-order valence-electron chi connectivity index (χ3n) is 4.35. The van der Waals surface area contributed by atoms with E-state index in [0.29, 0.717) is 18.2 Å². The molecule has 1 aliphatic heterocycles. The Labute approximate surface area is 141 Å². The van der Waals surface area contributed by atoms with Crippen LogP contribution in [0.1, 0.15) is 39.9 Å². The Morgan fingerprint density at radius 2 is 2.12 bits per heavy atom. The van der Waals surface area contributed by atoms with Gasteiger partial charge in [0.2, 0.25) is 0 Å². The number of ketones is 1. The van der Waals surface area contributed by atoms with Crippen molar-refractivity contribution in [3.05, 3.63) is 53.3 Å². The first-order chi connectivity index (χ1) is 11.6. The summed E-state index contributed by atoms with van der Waals surface area (Å²) >= 11 is 0. The molecule has 1 aliphatic rings. The van der Waals surface area contributed by atoms with E-state index in [1.54, 1.807) is 0 Å². The van der Waals surface area contributed by atoms with Crippen LogP contribution in [0, 0.1) is 5.92 Å². The van der Waals surface area contributed by atoms with Crippen molar-refractivity contribution in [2.45, 2.75) is 19.9 Å². The lowest BCUT2D eigenvalue weighted by molar-refractivity contribution is 0.0941. The largest absolute Gasteiger partial charge is 0.350 e. The van der Waals surface area contributed by atoms with E-state index in [1.165, 1.54) is 18.6 Å². The average Bonchev–Trinajstić information content (AvgIpc) is 3.23. The first kappa shape index (κ1) is 16.4. The molecule has 1 amide bonds. The molecule has 1 atom stereocenters. The summed E-state index contributed by atoms with van der Waals surface area (Å²) in [6.07, 6.45) is 1.08. The lowest BCUT2D eigenvalue weighted by atomic mass is 10.1. The highest BCUT2D eigenvalue weighted by Crippen LogP contribution is 2.18. The number of aromatic amines is 1. The predicted octanol–water partition coefficient (Wildman–Crippen LogP) is 1.86. The summed E-state index contributed by atoms with van der Waals surface area (Å²) in [7, 11) is 0. The van der Waals surface area contributed by atoms with Gasteiger partial charge in [0, 0.05) is 26.6 Å². The van der Waals surface area contributed by atoms with Crippen LogP contribution in [0.3, 0.4) is 0 Å². The molecule has 0 radical (unpaired) electrons. The van der Waals surface area contributed by atoms with E-state index in [1.807, 2.05) is 6.07 Å². The molecule has 0 bridgehead atoms. The molecular weight excluding hydrogens is 304 g/mol. The van der Waals surface area contributed by atoms with Crippen LogP contribution in [0.15, 0.2) is 36.4 Å². The SMILES string of the molecule is CC(=O)c1cc(C(=O)NC[C@@H]2CCN(Cc3ccccc3)C2)[nH]n1. The summed E-state index contributed by atoms with van der Waals surface area (Å²) < 4.78 is 0. The smallest absolute Gasteiger partial charge is 0.269 e. The van der Waals surface area contributed by atoms with Gasteiger partial charge in [0.25, 0.3) is 5.91 Å². The van der Waals surface area contributed by atoms with Crippen LogP contribution < -0.4 is 5.32 Å². The van der Waals surface area contributed by atoms with Crippen molar-refractivity contribution in [2.24, 2.45) is 5.92 Å². The van der Waals surface area contributed by atoms with Gasteiger partial charge in [-0.2, -0.15) is 5.10 Å². The highest BCUT2D eigenvalue weighted by molar-refractivity contribution is 5.97.